The minimum Gasteiger partial charge on any atom is -0.467 e. The van der Waals surface area contributed by atoms with E-state index in [0.717, 1.165) is 18.8 Å². The molecule has 108 valence electrons. The van der Waals surface area contributed by atoms with Gasteiger partial charge in [0.05, 0.1) is 12.8 Å². The first-order valence-electron chi connectivity index (χ1n) is 6.64. The average molecular weight is 276 g/mol. The number of rotatable bonds is 6. The molecule has 0 fully saturated rings. The predicted molar refractivity (Wildman–Crippen MR) is 78.6 cm³/mol. The fourth-order valence-electron chi connectivity index (χ4n) is 1.89. The van der Waals surface area contributed by atoms with Gasteiger partial charge < -0.3 is 20.0 Å². The van der Waals surface area contributed by atoms with Gasteiger partial charge in [-0.3, -0.25) is 0 Å². The van der Waals surface area contributed by atoms with Crippen molar-refractivity contribution in [1.29, 1.82) is 0 Å². The summed E-state index contributed by atoms with van der Waals surface area (Å²) in [6.45, 7) is 6.32. The number of aromatic nitrogens is 3. The molecule has 0 aliphatic rings. The van der Waals surface area contributed by atoms with E-state index in [0.29, 0.717) is 18.4 Å². The maximum atomic E-state index is 5.78. The number of nitrogens with zero attached hydrogens (tertiary/aromatic N) is 5. The summed E-state index contributed by atoms with van der Waals surface area (Å²) in [6.07, 6.45) is 1.65. The molecule has 2 aromatic heterocycles. The molecule has 2 N–H and O–H groups in total. The Morgan fingerprint density at radius 1 is 1.15 bits per heavy atom. The van der Waals surface area contributed by atoms with Gasteiger partial charge in [-0.2, -0.15) is 15.0 Å². The molecule has 0 saturated carbocycles. The Bertz CT molecular complexity index is 538. The molecule has 2 aromatic rings. The van der Waals surface area contributed by atoms with Crippen LogP contribution in [0.1, 0.15) is 19.6 Å². The van der Waals surface area contributed by atoms with Crippen LogP contribution in [0.25, 0.3) is 0 Å². The van der Waals surface area contributed by atoms with Crippen molar-refractivity contribution in [2.75, 3.05) is 35.7 Å². The van der Waals surface area contributed by atoms with E-state index >= 15 is 0 Å². The van der Waals surface area contributed by atoms with E-state index < -0.39 is 0 Å². The molecule has 2 heterocycles. The second-order valence-electron chi connectivity index (χ2n) is 4.40. The monoisotopic (exact) mass is 276 g/mol. The molecule has 7 nitrogen and oxygen atoms in total. The quantitative estimate of drug-likeness (QED) is 0.856. The Labute approximate surface area is 118 Å². The van der Waals surface area contributed by atoms with Crippen LogP contribution in [0.3, 0.4) is 0 Å². The molecular formula is C13H20N6O. The molecule has 2 rings (SSSR count). The zero-order valence-electron chi connectivity index (χ0n) is 12.1. The van der Waals surface area contributed by atoms with Gasteiger partial charge >= 0.3 is 0 Å². The SMILES string of the molecule is CCN(CC)c1nc(N)nc(N(C)Cc2ccco2)n1. The summed E-state index contributed by atoms with van der Waals surface area (Å²) >= 11 is 0. The molecule has 20 heavy (non-hydrogen) atoms. The molecular weight excluding hydrogens is 256 g/mol. The van der Waals surface area contributed by atoms with E-state index in [2.05, 4.69) is 28.8 Å². The number of hydrogen-bond donors (Lipinski definition) is 1. The first-order chi connectivity index (χ1) is 9.63. The molecule has 0 spiro atoms. The van der Waals surface area contributed by atoms with Crippen molar-refractivity contribution < 1.29 is 4.42 Å². The molecule has 0 aromatic carbocycles. The molecule has 0 aliphatic carbocycles. The summed E-state index contributed by atoms with van der Waals surface area (Å²) in [7, 11) is 1.89. The minimum absolute atomic E-state index is 0.225. The van der Waals surface area contributed by atoms with Crippen LogP contribution in [0, 0.1) is 0 Å². The van der Waals surface area contributed by atoms with Crippen LogP contribution >= 0.6 is 0 Å². The van der Waals surface area contributed by atoms with Gasteiger partial charge in [0.25, 0.3) is 0 Å². The summed E-state index contributed by atoms with van der Waals surface area (Å²) in [5.41, 5.74) is 5.78. The van der Waals surface area contributed by atoms with E-state index in [9.17, 15) is 0 Å². The highest BCUT2D eigenvalue weighted by atomic mass is 16.3. The summed E-state index contributed by atoms with van der Waals surface area (Å²) in [5, 5.41) is 0. The fourth-order valence-corrected chi connectivity index (χ4v) is 1.89. The summed E-state index contributed by atoms with van der Waals surface area (Å²) in [5.74, 6) is 2.21. The van der Waals surface area contributed by atoms with Crippen LogP contribution in [-0.2, 0) is 6.54 Å². The number of anilines is 3. The largest absolute Gasteiger partial charge is 0.467 e. The number of nitrogen functional groups attached to an aromatic ring is 1. The number of nitrogens with two attached hydrogens (primary N) is 1. The molecule has 7 heteroatoms. The first kappa shape index (κ1) is 14.1. The Morgan fingerprint density at radius 2 is 1.85 bits per heavy atom. The summed E-state index contributed by atoms with van der Waals surface area (Å²) in [4.78, 5) is 16.7. The Balaban J connectivity index is 2.22. The van der Waals surface area contributed by atoms with Crippen molar-refractivity contribution in [3.8, 4) is 0 Å². The Morgan fingerprint density at radius 3 is 2.45 bits per heavy atom. The topological polar surface area (TPSA) is 84.3 Å². The second kappa shape index (κ2) is 6.23. The molecule has 0 aliphatic heterocycles. The lowest BCUT2D eigenvalue weighted by Gasteiger charge is -2.21. The first-order valence-corrected chi connectivity index (χ1v) is 6.64. The van der Waals surface area contributed by atoms with Crippen molar-refractivity contribution in [2.45, 2.75) is 20.4 Å². The Hall–Kier alpha value is -2.31. The van der Waals surface area contributed by atoms with E-state index in [1.165, 1.54) is 0 Å². The standard InChI is InChI=1S/C13H20N6O/c1-4-19(5-2)13-16-11(14)15-12(17-13)18(3)9-10-7-6-8-20-10/h6-8H,4-5,9H2,1-3H3,(H2,14,15,16,17). The van der Waals surface area contributed by atoms with Crippen molar-refractivity contribution in [3.63, 3.8) is 0 Å². The predicted octanol–water partition coefficient (Wildman–Crippen LogP) is 1.53. The lowest BCUT2D eigenvalue weighted by atomic mass is 10.4. The minimum atomic E-state index is 0.225. The molecule has 0 bridgehead atoms. The van der Waals surface area contributed by atoms with E-state index in [-0.39, 0.29) is 5.95 Å². The van der Waals surface area contributed by atoms with Gasteiger partial charge in [-0.05, 0) is 26.0 Å². The molecule has 0 amide bonds. The van der Waals surface area contributed by atoms with Crippen molar-refractivity contribution in [3.05, 3.63) is 24.2 Å². The average Bonchev–Trinajstić information content (AvgIpc) is 2.92. The van der Waals surface area contributed by atoms with Gasteiger partial charge in [-0.15, -0.1) is 0 Å². The maximum Gasteiger partial charge on any atom is 0.232 e. The van der Waals surface area contributed by atoms with Crippen LogP contribution in [0.5, 0.6) is 0 Å². The lowest BCUT2D eigenvalue weighted by Crippen LogP contribution is -2.27. The third-order valence-corrected chi connectivity index (χ3v) is 2.99. The summed E-state index contributed by atoms with van der Waals surface area (Å²) < 4.78 is 5.32. The van der Waals surface area contributed by atoms with Crippen molar-refractivity contribution >= 4 is 17.8 Å². The van der Waals surface area contributed by atoms with Gasteiger partial charge in [0.1, 0.15) is 5.76 Å². The highest BCUT2D eigenvalue weighted by Gasteiger charge is 2.13. The van der Waals surface area contributed by atoms with E-state index in [1.54, 1.807) is 6.26 Å². The fraction of sp³-hybridized carbons (Fsp3) is 0.462. The van der Waals surface area contributed by atoms with Gasteiger partial charge in [-0.1, -0.05) is 0 Å². The molecule has 0 radical (unpaired) electrons. The summed E-state index contributed by atoms with van der Waals surface area (Å²) in [6, 6.07) is 3.76. The van der Waals surface area contributed by atoms with Crippen molar-refractivity contribution in [2.24, 2.45) is 0 Å². The van der Waals surface area contributed by atoms with Crippen LogP contribution in [0.2, 0.25) is 0 Å². The van der Waals surface area contributed by atoms with Crippen LogP contribution in [-0.4, -0.2) is 35.1 Å². The second-order valence-corrected chi connectivity index (χ2v) is 4.40. The lowest BCUT2D eigenvalue weighted by molar-refractivity contribution is 0.506. The third kappa shape index (κ3) is 3.17. The normalized spacial score (nSPS) is 10.6. The highest BCUT2D eigenvalue weighted by molar-refractivity contribution is 5.43. The number of hydrogen-bond acceptors (Lipinski definition) is 7. The smallest absolute Gasteiger partial charge is 0.232 e. The van der Waals surface area contributed by atoms with E-state index in [1.807, 2.05) is 29.0 Å². The van der Waals surface area contributed by atoms with Gasteiger partial charge in [-0.25, -0.2) is 0 Å². The van der Waals surface area contributed by atoms with Gasteiger partial charge in [0.15, 0.2) is 0 Å². The van der Waals surface area contributed by atoms with Gasteiger partial charge in [0, 0.05) is 20.1 Å². The van der Waals surface area contributed by atoms with Gasteiger partial charge in [0.2, 0.25) is 17.8 Å². The zero-order chi connectivity index (χ0) is 14.5. The molecule has 0 saturated heterocycles. The van der Waals surface area contributed by atoms with E-state index in [4.69, 9.17) is 10.2 Å². The van der Waals surface area contributed by atoms with Crippen molar-refractivity contribution in [1.82, 2.24) is 15.0 Å². The zero-order valence-corrected chi connectivity index (χ0v) is 12.1. The van der Waals surface area contributed by atoms with Crippen LogP contribution < -0.4 is 15.5 Å². The maximum absolute atomic E-state index is 5.78. The highest BCUT2D eigenvalue weighted by Crippen LogP contribution is 2.16. The van der Waals surface area contributed by atoms with Crippen LogP contribution in [0.15, 0.2) is 22.8 Å². The molecule has 0 atom stereocenters. The number of furan rings is 1. The molecule has 0 unspecified atom stereocenters. The third-order valence-electron chi connectivity index (χ3n) is 2.99. The Kier molecular flexibility index (Phi) is 4.39. The van der Waals surface area contributed by atoms with Crippen LogP contribution in [0.4, 0.5) is 17.8 Å².